The quantitative estimate of drug-likeness (QED) is 0.434. The largest absolute Gasteiger partial charge is 0.481 e. The maximum Gasteiger partial charge on any atom is 0.371 e. The molecule has 0 fully saturated rings. The Bertz CT molecular complexity index is 269. The van der Waals surface area contributed by atoms with Crippen molar-refractivity contribution < 1.29 is 34.2 Å². The summed E-state index contributed by atoms with van der Waals surface area (Å²) < 4.78 is 0.578. The Balaban J connectivity index is 0. The van der Waals surface area contributed by atoms with Gasteiger partial charge in [0.2, 0.25) is 5.78 Å². The summed E-state index contributed by atoms with van der Waals surface area (Å²) in [5.41, 5.74) is 0. The Morgan fingerprint density at radius 3 is 1.65 bits per heavy atom. The lowest BCUT2D eigenvalue weighted by atomic mass is 10.2. The van der Waals surface area contributed by atoms with Gasteiger partial charge in [-0.05, 0) is 0 Å². The number of hydrogen-bond acceptors (Lipinski definition) is 4. The topological polar surface area (TPSA) is 112 Å². The highest BCUT2D eigenvalue weighted by Gasteiger charge is 2.17. The molecular formula is C10H20NO6+. The third-order valence-corrected chi connectivity index (χ3v) is 1.47. The summed E-state index contributed by atoms with van der Waals surface area (Å²) in [4.78, 5) is 29.0. The molecule has 0 bridgehead atoms. The summed E-state index contributed by atoms with van der Waals surface area (Å²) in [7, 11) is 5.72. The van der Waals surface area contributed by atoms with Crippen molar-refractivity contribution in [1.82, 2.24) is 0 Å². The molecule has 0 aromatic carbocycles. The molecule has 0 aliphatic carbocycles. The van der Waals surface area contributed by atoms with Crippen LogP contribution in [0.1, 0.15) is 13.3 Å². The summed E-state index contributed by atoms with van der Waals surface area (Å²) in [5, 5.41) is 25.1. The zero-order valence-corrected chi connectivity index (χ0v) is 10.5. The van der Waals surface area contributed by atoms with Crippen molar-refractivity contribution in [2.24, 2.45) is 0 Å². The van der Waals surface area contributed by atoms with Crippen LogP contribution in [-0.4, -0.2) is 71.3 Å². The van der Waals surface area contributed by atoms with Gasteiger partial charge < -0.3 is 19.8 Å². The predicted octanol–water partition coefficient (Wildman–Crippen LogP) is -0.812. The first-order valence-corrected chi connectivity index (χ1v) is 4.90. The number of aliphatic hydroxyl groups excluding tert-OH is 1. The first-order chi connectivity index (χ1) is 7.45. The molecular weight excluding hydrogens is 230 g/mol. The molecule has 7 nitrogen and oxygen atoms in total. The Morgan fingerprint density at radius 2 is 1.47 bits per heavy atom. The molecule has 0 saturated heterocycles. The molecule has 0 heterocycles. The average molecular weight is 250 g/mol. The minimum atomic E-state index is -1.38. The van der Waals surface area contributed by atoms with E-state index < -0.39 is 23.8 Å². The third kappa shape index (κ3) is 17.2. The Labute approximate surface area is 99.9 Å². The number of nitrogens with zero attached hydrogens (tertiary/aromatic N) is 1. The number of rotatable bonds is 5. The van der Waals surface area contributed by atoms with Gasteiger partial charge in [-0.1, -0.05) is 0 Å². The molecule has 0 aromatic rings. The Morgan fingerprint density at radius 1 is 1.12 bits per heavy atom. The summed E-state index contributed by atoms with van der Waals surface area (Å²) in [6.07, 6.45) is -0.914. The van der Waals surface area contributed by atoms with Crippen molar-refractivity contribution in [2.75, 3.05) is 27.7 Å². The third-order valence-electron chi connectivity index (χ3n) is 1.47. The van der Waals surface area contributed by atoms with Gasteiger partial charge in [-0.2, -0.15) is 0 Å². The molecule has 0 aliphatic heterocycles. The van der Waals surface area contributed by atoms with Gasteiger partial charge in [0.15, 0.2) is 0 Å². The first-order valence-electron chi connectivity index (χ1n) is 4.90. The number of hydrogen-bond donors (Lipinski definition) is 3. The van der Waals surface area contributed by atoms with Crippen molar-refractivity contribution in [3.63, 3.8) is 0 Å². The van der Waals surface area contributed by atoms with E-state index in [4.69, 9.17) is 15.3 Å². The molecule has 0 rings (SSSR count). The van der Waals surface area contributed by atoms with Crippen LogP contribution in [-0.2, 0) is 14.4 Å². The minimum absolute atomic E-state index is 0.171. The van der Waals surface area contributed by atoms with E-state index in [0.29, 0.717) is 11.0 Å². The highest BCUT2D eigenvalue weighted by molar-refractivity contribution is 6.31. The van der Waals surface area contributed by atoms with Crippen LogP contribution in [0, 0.1) is 0 Å². The molecule has 3 N–H and O–H groups in total. The van der Waals surface area contributed by atoms with E-state index in [1.165, 1.54) is 0 Å². The van der Waals surface area contributed by atoms with Crippen molar-refractivity contribution >= 4 is 17.7 Å². The van der Waals surface area contributed by atoms with Crippen LogP contribution >= 0.6 is 0 Å². The van der Waals surface area contributed by atoms with E-state index in [1.54, 1.807) is 0 Å². The van der Waals surface area contributed by atoms with Gasteiger partial charge >= 0.3 is 11.9 Å². The zero-order chi connectivity index (χ0) is 14.2. The lowest BCUT2D eigenvalue weighted by molar-refractivity contribution is -0.873. The number of likely N-dealkylation sites (N-methyl/N-ethyl adjacent to an activating group) is 1. The van der Waals surface area contributed by atoms with Crippen LogP contribution < -0.4 is 0 Å². The van der Waals surface area contributed by atoms with Gasteiger partial charge in [-0.25, -0.2) is 4.79 Å². The fourth-order valence-corrected chi connectivity index (χ4v) is 0.898. The fraction of sp³-hybridized carbons (Fsp3) is 0.700. The van der Waals surface area contributed by atoms with E-state index in [2.05, 4.69) is 0 Å². The van der Waals surface area contributed by atoms with Gasteiger partial charge in [0, 0.05) is 6.92 Å². The van der Waals surface area contributed by atoms with E-state index >= 15 is 0 Å². The van der Waals surface area contributed by atoms with Crippen molar-refractivity contribution in [3.05, 3.63) is 0 Å². The molecule has 100 valence electrons. The van der Waals surface area contributed by atoms with Crippen LogP contribution in [0.4, 0.5) is 0 Å². The number of carbonyl (C=O) groups is 3. The summed E-state index contributed by atoms with van der Waals surface area (Å²) in [6, 6.07) is 0. The molecule has 17 heavy (non-hydrogen) atoms. The molecule has 7 heteroatoms. The van der Waals surface area contributed by atoms with Gasteiger partial charge in [-0.3, -0.25) is 9.59 Å². The van der Waals surface area contributed by atoms with Gasteiger partial charge in [-0.15, -0.1) is 0 Å². The first kappa shape index (κ1) is 17.9. The number of quaternary nitrogens is 1. The molecule has 0 amide bonds. The molecule has 0 aliphatic rings. The molecule has 0 spiro atoms. The monoisotopic (exact) mass is 250 g/mol. The second-order valence-corrected chi connectivity index (χ2v) is 4.59. The van der Waals surface area contributed by atoms with E-state index in [1.807, 2.05) is 21.1 Å². The summed E-state index contributed by atoms with van der Waals surface area (Å²) >= 11 is 0. The average Bonchev–Trinajstić information content (AvgIpc) is 1.98. The fourth-order valence-electron chi connectivity index (χ4n) is 0.898. The van der Waals surface area contributed by atoms with Crippen molar-refractivity contribution in [3.8, 4) is 0 Å². The molecule has 0 aromatic heterocycles. The number of carboxylic acids is 2. The normalized spacial score (nSPS) is 12.1. The maximum atomic E-state index is 10.1. The van der Waals surface area contributed by atoms with E-state index in [9.17, 15) is 14.4 Å². The highest BCUT2D eigenvalue weighted by Crippen LogP contribution is 1.98. The second kappa shape index (κ2) is 7.75. The number of aliphatic hydroxyl groups is 1. The SMILES string of the molecule is CC(=O)C(=O)O.C[N+](C)(C)CC(O)CC(=O)O. The van der Waals surface area contributed by atoms with Crippen LogP contribution in [0.25, 0.3) is 0 Å². The molecule has 0 saturated carbocycles. The van der Waals surface area contributed by atoms with Crippen molar-refractivity contribution in [1.29, 1.82) is 0 Å². The summed E-state index contributed by atoms with van der Waals surface area (Å²) in [5.74, 6) is -3.16. The van der Waals surface area contributed by atoms with Crippen LogP contribution in [0.3, 0.4) is 0 Å². The van der Waals surface area contributed by atoms with Crippen LogP contribution in [0.5, 0.6) is 0 Å². The van der Waals surface area contributed by atoms with Crippen LogP contribution in [0.2, 0.25) is 0 Å². The molecule has 1 unspecified atom stereocenters. The lowest BCUT2D eigenvalue weighted by Gasteiger charge is -2.25. The summed E-state index contributed by atoms with van der Waals surface area (Å²) in [6.45, 7) is 1.47. The van der Waals surface area contributed by atoms with Crippen molar-refractivity contribution in [2.45, 2.75) is 19.4 Å². The lowest BCUT2D eigenvalue weighted by Crippen LogP contribution is -2.42. The number of Topliss-reactive ketones (excluding diaryl/α,β-unsaturated/α-hetero) is 1. The maximum absolute atomic E-state index is 10.1. The second-order valence-electron chi connectivity index (χ2n) is 4.59. The number of carboxylic acid groups (broad SMARTS) is 2. The predicted molar refractivity (Wildman–Crippen MR) is 59.5 cm³/mol. The minimum Gasteiger partial charge on any atom is -0.481 e. The zero-order valence-electron chi connectivity index (χ0n) is 10.5. The number of carbonyl (C=O) groups excluding carboxylic acids is 1. The molecule has 1 atom stereocenters. The Hall–Kier alpha value is -1.47. The smallest absolute Gasteiger partial charge is 0.371 e. The van der Waals surface area contributed by atoms with E-state index in [0.717, 1.165) is 6.92 Å². The Kier molecular flexibility index (Phi) is 8.16. The number of aliphatic carboxylic acids is 2. The molecule has 0 radical (unpaired) electrons. The van der Waals surface area contributed by atoms with Gasteiger partial charge in [0.25, 0.3) is 0 Å². The number of ketones is 1. The highest BCUT2D eigenvalue weighted by atomic mass is 16.4. The van der Waals surface area contributed by atoms with E-state index in [-0.39, 0.29) is 6.42 Å². The van der Waals surface area contributed by atoms with Crippen LogP contribution in [0.15, 0.2) is 0 Å². The van der Waals surface area contributed by atoms with Gasteiger partial charge in [0.1, 0.15) is 12.6 Å². The standard InChI is InChI=1S/C7H15NO3.C3H4O3/c1-8(2,3)5-6(9)4-7(10)11;1-2(4)3(5)6/h6,9H,4-5H2,1-3H3;1H3,(H,5,6)/p+1. The van der Waals surface area contributed by atoms with Gasteiger partial charge in [0.05, 0.1) is 27.6 Å².